The van der Waals surface area contributed by atoms with E-state index in [-0.39, 0.29) is 6.07 Å². The van der Waals surface area contributed by atoms with Crippen LogP contribution in [0.15, 0.2) is 6.07 Å². The molecular formula is C7H2ClF5N2O2. The number of alkyl halides is 5. The first kappa shape index (κ1) is 13.6. The van der Waals surface area contributed by atoms with Gasteiger partial charge >= 0.3 is 18.4 Å². The van der Waals surface area contributed by atoms with Gasteiger partial charge in [0.25, 0.3) is 0 Å². The second-order valence-electron chi connectivity index (χ2n) is 2.78. The first-order chi connectivity index (χ1) is 7.64. The summed E-state index contributed by atoms with van der Waals surface area (Å²) >= 11 is 5.16. The van der Waals surface area contributed by atoms with Crippen molar-refractivity contribution in [2.24, 2.45) is 0 Å². The molecule has 0 fully saturated rings. The van der Waals surface area contributed by atoms with Crippen LogP contribution in [0.2, 0.25) is 5.02 Å². The molecule has 0 atom stereocenters. The van der Waals surface area contributed by atoms with Crippen molar-refractivity contribution in [2.45, 2.75) is 12.6 Å². The Balaban J connectivity index is 3.53. The van der Waals surface area contributed by atoms with E-state index in [1.54, 1.807) is 0 Å². The Kier molecular flexibility index (Phi) is 3.51. The molecule has 0 saturated heterocycles. The van der Waals surface area contributed by atoms with E-state index in [2.05, 4.69) is 4.98 Å². The van der Waals surface area contributed by atoms with Gasteiger partial charge in [-0.1, -0.05) is 11.6 Å². The minimum atomic E-state index is -5.11. The molecule has 0 saturated carbocycles. The quantitative estimate of drug-likeness (QED) is 0.471. The van der Waals surface area contributed by atoms with Gasteiger partial charge in [-0.15, -0.1) is 0 Å². The molecule has 0 aliphatic heterocycles. The summed E-state index contributed by atoms with van der Waals surface area (Å²) in [5, 5.41) is 9.34. The standard InChI is InChI=1S/C7H2ClF5N2O2/c8-3-1-2(7(11,12)13)4(5(9)10)14-6(3)15(16)17/h1,5H. The molecule has 1 heterocycles. The molecule has 0 unspecified atom stereocenters. The van der Waals surface area contributed by atoms with E-state index >= 15 is 0 Å². The maximum Gasteiger partial charge on any atom is 0.420 e. The normalized spacial score (nSPS) is 11.9. The van der Waals surface area contributed by atoms with Crippen LogP contribution in [0.4, 0.5) is 27.8 Å². The first-order valence-electron chi connectivity index (χ1n) is 3.84. The molecule has 0 amide bonds. The molecule has 0 spiro atoms. The van der Waals surface area contributed by atoms with Crippen LogP contribution in [0.3, 0.4) is 0 Å². The number of aromatic nitrogens is 1. The van der Waals surface area contributed by atoms with Crippen LogP contribution in [0.1, 0.15) is 17.7 Å². The topological polar surface area (TPSA) is 56.0 Å². The molecule has 94 valence electrons. The van der Waals surface area contributed by atoms with E-state index in [0.717, 1.165) is 0 Å². The predicted octanol–water partition coefficient (Wildman–Crippen LogP) is 3.60. The van der Waals surface area contributed by atoms with Crippen molar-refractivity contribution in [3.8, 4) is 0 Å². The van der Waals surface area contributed by atoms with Crippen molar-refractivity contribution in [3.05, 3.63) is 32.5 Å². The van der Waals surface area contributed by atoms with Crippen molar-refractivity contribution in [1.29, 1.82) is 0 Å². The summed E-state index contributed by atoms with van der Waals surface area (Å²) in [6, 6.07) is 0.0637. The summed E-state index contributed by atoms with van der Waals surface area (Å²) in [7, 11) is 0. The molecule has 1 rings (SSSR count). The average molecular weight is 277 g/mol. The van der Waals surface area contributed by atoms with Crippen molar-refractivity contribution < 1.29 is 26.9 Å². The van der Waals surface area contributed by atoms with Gasteiger partial charge in [0.1, 0.15) is 10.6 Å². The van der Waals surface area contributed by atoms with Gasteiger partial charge in [0, 0.05) is 0 Å². The summed E-state index contributed by atoms with van der Waals surface area (Å²) in [5.74, 6) is -1.24. The number of hydrogen-bond donors (Lipinski definition) is 0. The molecule has 10 heteroatoms. The van der Waals surface area contributed by atoms with E-state index in [0.29, 0.717) is 0 Å². The first-order valence-corrected chi connectivity index (χ1v) is 4.22. The summed E-state index contributed by atoms with van der Waals surface area (Å²) in [5.41, 5.74) is -3.50. The molecule has 1 aromatic heterocycles. The van der Waals surface area contributed by atoms with Gasteiger partial charge in [-0.05, 0) is 16.0 Å². The molecule has 0 bridgehead atoms. The lowest BCUT2D eigenvalue weighted by Gasteiger charge is -2.09. The number of halogens is 6. The van der Waals surface area contributed by atoms with Crippen LogP contribution < -0.4 is 0 Å². The third kappa shape index (κ3) is 2.78. The number of hydrogen-bond acceptors (Lipinski definition) is 3. The highest BCUT2D eigenvalue weighted by molar-refractivity contribution is 6.32. The van der Waals surface area contributed by atoms with Crippen molar-refractivity contribution in [3.63, 3.8) is 0 Å². The second kappa shape index (κ2) is 4.40. The minimum Gasteiger partial charge on any atom is -0.358 e. The fourth-order valence-corrected chi connectivity index (χ4v) is 1.23. The lowest BCUT2D eigenvalue weighted by atomic mass is 10.2. The predicted molar refractivity (Wildman–Crippen MR) is 45.9 cm³/mol. The van der Waals surface area contributed by atoms with E-state index in [1.165, 1.54) is 0 Å². The van der Waals surface area contributed by atoms with E-state index in [1.807, 2.05) is 0 Å². The van der Waals surface area contributed by atoms with Gasteiger partial charge in [0.15, 0.2) is 0 Å². The van der Waals surface area contributed by atoms with Gasteiger partial charge in [0.2, 0.25) is 5.69 Å². The number of rotatable bonds is 2. The van der Waals surface area contributed by atoms with E-state index in [4.69, 9.17) is 11.6 Å². The van der Waals surface area contributed by atoms with Crippen LogP contribution in [0.25, 0.3) is 0 Å². The summed E-state index contributed by atoms with van der Waals surface area (Å²) in [6.45, 7) is 0. The zero-order chi connectivity index (χ0) is 13.4. The zero-order valence-corrected chi connectivity index (χ0v) is 8.39. The molecule has 0 aliphatic carbocycles. The molecule has 1 aromatic rings. The summed E-state index contributed by atoms with van der Waals surface area (Å²) < 4.78 is 61.6. The van der Waals surface area contributed by atoms with Crippen molar-refractivity contribution in [1.82, 2.24) is 4.98 Å². The van der Waals surface area contributed by atoms with E-state index < -0.39 is 39.6 Å². The molecule has 0 N–H and O–H groups in total. The molecule has 0 radical (unpaired) electrons. The third-order valence-electron chi connectivity index (χ3n) is 1.67. The van der Waals surface area contributed by atoms with Crippen LogP contribution in [0.5, 0.6) is 0 Å². The number of pyridine rings is 1. The van der Waals surface area contributed by atoms with Gasteiger partial charge in [-0.3, -0.25) is 0 Å². The lowest BCUT2D eigenvalue weighted by Crippen LogP contribution is -2.12. The Labute approximate surface area is 95.2 Å². The Morgan fingerprint density at radius 3 is 2.29 bits per heavy atom. The maximum absolute atomic E-state index is 12.3. The van der Waals surface area contributed by atoms with Crippen LogP contribution in [0, 0.1) is 10.1 Å². The largest absolute Gasteiger partial charge is 0.420 e. The van der Waals surface area contributed by atoms with Crippen LogP contribution >= 0.6 is 11.6 Å². The monoisotopic (exact) mass is 276 g/mol. The third-order valence-corrected chi connectivity index (χ3v) is 1.95. The Morgan fingerprint density at radius 2 is 1.94 bits per heavy atom. The molecule has 17 heavy (non-hydrogen) atoms. The lowest BCUT2D eigenvalue weighted by molar-refractivity contribution is -0.389. The van der Waals surface area contributed by atoms with Gasteiger partial charge in [-0.2, -0.15) is 13.2 Å². The highest BCUT2D eigenvalue weighted by Gasteiger charge is 2.41. The van der Waals surface area contributed by atoms with Crippen molar-refractivity contribution in [2.75, 3.05) is 0 Å². The van der Waals surface area contributed by atoms with Gasteiger partial charge in [0.05, 0.1) is 0 Å². The fraction of sp³-hybridized carbons (Fsp3) is 0.286. The average Bonchev–Trinajstić information content (AvgIpc) is 2.14. The van der Waals surface area contributed by atoms with Crippen LogP contribution in [-0.2, 0) is 6.18 Å². The van der Waals surface area contributed by atoms with Crippen molar-refractivity contribution >= 4 is 17.4 Å². The molecule has 4 nitrogen and oxygen atoms in total. The van der Waals surface area contributed by atoms with Crippen LogP contribution in [-0.4, -0.2) is 9.91 Å². The zero-order valence-electron chi connectivity index (χ0n) is 7.63. The highest BCUT2D eigenvalue weighted by atomic mass is 35.5. The Bertz CT molecular complexity index is 462. The molecular weight excluding hydrogens is 275 g/mol. The highest BCUT2D eigenvalue weighted by Crippen LogP contribution is 2.38. The Hall–Kier alpha value is -1.51. The smallest absolute Gasteiger partial charge is 0.358 e. The SMILES string of the molecule is O=[N+]([O-])c1nc(C(F)F)c(C(F)(F)F)cc1Cl. The van der Waals surface area contributed by atoms with E-state index in [9.17, 15) is 32.1 Å². The van der Waals surface area contributed by atoms with Gasteiger partial charge < -0.3 is 10.1 Å². The summed E-state index contributed by atoms with van der Waals surface area (Å²) in [4.78, 5) is 11.7. The molecule has 0 aliphatic rings. The number of nitro groups is 1. The minimum absolute atomic E-state index is 0.0637. The summed E-state index contributed by atoms with van der Waals surface area (Å²) in [6.07, 6.45) is -8.71. The number of nitrogens with zero attached hydrogens (tertiary/aromatic N) is 2. The maximum atomic E-state index is 12.3. The second-order valence-corrected chi connectivity index (χ2v) is 3.19. The Morgan fingerprint density at radius 1 is 1.41 bits per heavy atom. The molecule has 0 aromatic carbocycles. The fourth-order valence-electron chi connectivity index (χ4n) is 1.01. The van der Waals surface area contributed by atoms with Gasteiger partial charge in [-0.25, -0.2) is 8.78 Å².